The first-order chi connectivity index (χ1) is 13.0. The highest BCUT2D eigenvalue weighted by Crippen LogP contribution is 2.33. The number of hydrogen-bond donors (Lipinski definition) is 0. The molecule has 5 heteroatoms. The Kier molecular flexibility index (Phi) is 5.91. The summed E-state index contributed by atoms with van der Waals surface area (Å²) in [4.78, 5) is 2.33. The van der Waals surface area contributed by atoms with Crippen molar-refractivity contribution in [2.75, 3.05) is 32.1 Å². The first-order valence-electron chi connectivity index (χ1n) is 9.55. The molecule has 27 heavy (non-hydrogen) atoms. The molecule has 3 rings (SSSR count). The molecule has 1 aliphatic rings. The van der Waals surface area contributed by atoms with Crippen LogP contribution < -0.4 is 4.90 Å². The first kappa shape index (κ1) is 19.1. The highest BCUT2D eigenvalue weighted by molar-refractivity contribution is 5.57. The van der Waals surface area contributed by atoms with Gasteiger partial charge in [-0.3, -0.25) is 5.01 Å². The van der Waals surface area contributed by atoms with Crippen LogP contribution >= 0.6 is 0 Å². The van der Waals surface area contributed by atoms with Gasteiger partial charge in [-0.1, -0.05) is 30.3 Å². The molecule has 0 radical (unpaired) electrons. The van der Waals surface area contributed by atoms with Crippen LogP contribution in [0.4, 0.5) is 11.4 Å². The van der Waals surface area contributed by atoms with E-state index in [9.17, 15) is 0 Å². The number of rotatable bonds is 6. The Balaban J connectivity index is 1.81. The summed E-state index contributed by atoms with van der Waals surface area (Å²) in [5.74, 6) is 0.860. The second-order valence-electron chi connectivity index (χ2n) is 6.82. The highest BCUT2D eigenvalue weighted by Gasteiger charge is 2.27. The second-order valence-corrected chi connectivity index (χ2v) is 6.82. The molecule has 0 aliphatic carbocycles. The zero-order chi connectivity index (χ0) is 19.4. The third-order valence-corrected chi connectivity index (χ3v) is 5.22. The fraction of sp³-hybridized carbons (Fsp3) is 0.364. The van der Waals surface area contributed by atoms with Crippen molar-refractivity contribution in [3.05, 3.63) is 71.6 Å². The van der Waals surface area contributed by atoms with Crippen molar-refractivity contribution < 1.29 is 0 Å². The predicted octanol–water partition coefficient (Wildman–Crippen LogP) is 5.30. The average Bonchev–Trinajstić information content (AvgIpc) is 2.97. The van der Waals surface area contributed by atoms with Crippen LogP contribution in [-0.4, -0.2) is 37.2 Å². The Hall–Kier alpha value is -2.66. The third-order valence-electron chi connectivity index (χ3n) is 5.22. The largest absolute Gasteiger partial charge is 0.372 e. The molecule has 0 aromatic heterocycles. The lowest BCUT2D eigenvalue weighted by Crippen LogP contribution is -2.31. The smallest absolute Gasteiger partial charge is 0.163 e. The van der Waals surface area contributed by atoms with Crippen LogP contribution in [0.25, 0.3) is 0 Å². The first-order valence-corrected chi connectivity index (χ1v) is 9.55. The number of benzene rings is 2. The summed E-state index contributed by atoms with van der Waals surface area (Å²) in [7, 11) is 4.09. The summed E-state index contributed by atoms with van der Waals surface area (Å²) in [6.07, 6.45) is 2.15. The zero-order valence-corrected chi connectivity index (χ0v) is 16.9. The molecule has 0 spiro atoms. The van der Waals surface area contributed by atoms with E-state index in [0.29, 0.717) is 0 Å². The summed E-state index contributed by atoms with van der Waals surface area (Å²) in [5.41, 5.74) is 4.53. The lowest BCUT2D eigenvalue weighted by molar-refractivity contribution is 0.0605. The molecule has 1 atom stereocenters. The molecule has 0 saturated heterocycles. The van der Waals surface area contributed by atoms with Gasteiger partial charge in [0.1, 0.15) is 0 Å². The Morgan fingerprint density at radius 1 is 0.963 bits per heavy atom. The van der Waals surface area contributed by atoms with Crippen molar-refractivity contribution >= 4 is 11.4 Å². The number of aryl methyl sites for hydroxylation is 1. The molecule has 2 aromatic rings. The topological polar surface area (TPSA) is 34.4 Å². The van der Waals surface area contributed by atoms with Gasteiger partial charge in [0, 0.05) is 32.9 Å². The summed E-state index contributed by atoms with van der Waals surface area (Å²) in [6.45, 7) is 8.44. The number of hydrazine groups is 1. The monoisotopic (exact) mass is 363 g/mol. The minimum atomic E-state index is 0.177. The van der Waals surface area contributed by atoms with Crippen LogP contribution in [0.3, 0.4) is 0 Å². The van der Waals surface area contributed by atoms with Gasteiger partial charge in [-0.15, -0.1) is 10.2 Å². The van der Waals surface area contributed by atoms with Gasteiger partial charge < -0.3 is 4.90 Å². The van der Waals surface area contributed by atoms with Gasteiger partial charge in [0.25, 0.3) is 0 Å². The maximum Gasteiger partial charge on any atom is 0.163 e. The van der Waals surface area contributed by atoms with E-state index in [2.05, 4.69) is 96.5 Å². The lowest BCUT2D eigenvalue weighted by Gasteiger charge is -2.27. The molecule has 0 amide bonds. The molecular formula is C22H29N5. The summed E-state index contributed by atoms with van der Waals surface area (Å²) in [6, 6.07) is 17.0. The van der Waals surface area contributed by atoms with Gasteiger partial charge in [-0.25, -0.2) is 5.01 Å². The van der Waals surface area contributed by atoms with Gasteiger partial charge in [0.05, 0.1) is 11.7 Å². The number of anilines is 1. The van der Waals surface area contributed by atoms with Gasteiger partial charge in [-0.2, -0.15) is 0 Å². The van der Waals surface area contributed by atoms with E-state index in [1.54, 1.807) is 0 Å². The van der Waals surface area contributed by atoms with Crippen molar-refractivity contribution in [1.29, 1.82) is 0 Å². The van der Waals surface area contributed by atoms with Gasteiger partial charge in [-0.05, 0) is 56.2 Å². The van der Waals surface area contributed by atoms with E-state index in [0.717, 1.165) is 30.2 Å². The fourth-order valence-corrected chi connectivity index (χ4v) is 3.41. The Bertz CT molecular complexity index is 824. The summed E-state index contributed by atoms with van der Waals surface area (Å²) >= 11 is 0. The van der Waals surface area contributed by atoms with Gasteiger partial charge in [0.2, 0.25) is 0 Å². The number of hydrogen-bond acceptors (Lipinski definition) is 5. The van der Waals surface area contributed by atoms with E-state index in [-0.39, 0.29) is 6.04 Å². The van der Waals surface area contributed by atoms with Crippen LogP contribution in [0, 0.1) is 6.92 Å². The minimum absolute atomic E-state index is 0.177. The quantitative estimate of drug-likeness (QED) is 0.653. The van der Waals surface area contributed by atoms with Crippen molar-refractivity contribution in [3.63, 3.8) is 0 Å². The van der Waals surface area contributed by atoms with Crippen LogP contribution in [0.5, 0.6) is 0 Å². The van der Waals surface area contributed by atoms with Crippen molar-refractivity contribution in [2.24, 2.45) is 10.2 Å². The minimum Gasteiger partial charge on any atom is -0.372 e. The Morgan fingerprint density at radius 3 is 2.30 bits per heavy atom. The molecule has 1 heterocycles. The highest BCUT2D eigenvalue weighted by atomic mass is 15.7. The molecule has 2 aromatic carbocycles. The van der Waals surface area contributed by atoms with Gasteiger partial charge >= 0.3 is 0 Å². The normalized spacial score (nSPS) is 17.6. The van der Waals surface area contributed by atoms with Crippen molar-refractivity contribution in [2.45, 2.75) is 26.8 Å². The summed E-state index contributed by atoms with van der Waals surface area (Å²) < 4.78 is 0. The fourth-order valence-electron chi connectivity index (χ4n) is 3.41. The lowest BCUT2D eigenvalue weighted by atomic mass is 10.1. The van der Waals surface area contributed by atoms with E-state index in [4.69, 9.17) is 0 Å². The Morgan fingerprint density at radius 2 is 1.67 bits per heavy atom. The SMILES string of the molecule is CCN(CC)c1ccc(N=NC2=CC(c3ccccc3)N(C)N2C)c(C)c1. The van der Waals surface area contributed by atoms with E-state index < -0.39 is 0 Å². The van der Waals surface area contributed by atoms with E-state index in [1.807, 2.05) is 18.1 Å². The van der Waals surface area contributed by atoms with Crippen molar-refractivity contribution in [1.82, 2.24) is 10.0 Å². The molecular weight excluding hydrogens is 334 g/mol. The van der Waals surface area contributed by atoms with E-state index in [1.165, 1.54) is 11.3 Å². The van der Waals surface area contributed by atoms with Crippen LogP contribution in [0.2, 0.25) is 0 Å². The standard InChI is InChI=1S/C22H29N5/c1-6-27(7-2)19-13-14-20(17(3)15-19)23-24-22-16-21(25(4)26(22)5)18-11-9-8-10-12-18/h8-16,21H,6-7H2,1-5H3. The predicted molar refractivity (Wildman–Crippen MR) is 112 cm³/mol. The molecule has 0 bridgehead atoms. The number of azo groups is 1. The van der Waals surface area contributed by atoms with Crippen molar-refractivity contribution in [3.8, 4) is 0 Å². The molecule has 1 aliphatic heterocycles. The van der Waals surface area contributed by atoms with Gasteiger partial charge in [0.15, 0.2) is 5.82 Å². The molecule has 0 saturated carbocycles. The maximum absolute atomic E-state index is 4.53. The number of nitrogens with zero attached hydrogens (tertiary/aromatic N) is 5. The maximum atomic E-state index is 4.53. The molecule has 5 nitrogen and oxygen atoms in total. The molecule has 0 N–H and O–H groups in total. The third kappa shape index (κ3) is 4.03. The average molecular weight is 364 g/mol. The number of likely N-dealkylation sites (N-methyl/N-ethyl adjacent to an activating group) is 1. The van der Waals surface area contributed by atoms with Crippen LogP contribution in [0.1, 0.15) is 31.0 Å². The summed E-state index contributed by atoms with van der Waals surface area (Å²) in [5, 5.41) is 13.3. The van der Waals surface area contributed by atoms with Crippen LogP contribution in [-0.2, 0) is 0 Å². The molecule has 1 unspecified atom stereocenters. The Labute approximate surface area is 162 Å². The zero-order valence-electron chi connectivity index (χ0n) is 16.9. The van der Waals surface area contributed by atoms with E-state index >= 15 is 0 Å². The molecule has 0 fully saturated rings. The second kappa shape index (κ2) is 8.35. The molecule has 142 valence electrons. The van der Waals surface area contributed by atoms with Crippen LogP contribution in [0.15, 0.2) is 70.7 Å².